The van der Waals surface area contributed by atoms with Crippen molar-refractivity contribution in [3.05, 3.63) is 59.5 Å². The molecule has 0 unspecified atom stereocenters. The van der Waals surface area contributed by atoms with Crippen LogP contribution in [0.25, 0.3) is 11.2 Å². The highest BCUT2D eigenvalue weighted by molar-refractivity contribution is 5.71. The molecule has 0 aliphatic heterocycles. The second-order valence-corrected chi connectivity index (χ2v) is 4.43. The van der Waals surface area contributed by atoms with Gasteiger partial charge in [-0.25, -0.2) is 9.97 Å². The van der Waals surface area contributed by atoms with Crippen LogP contribution < -0.4 is 0 Å². The maximum absolute atomic E-state index is 9.43. The molecule has 98 valence electrons. The van der Waals surface area contributed by atoms with Crippen LogP contribution in [-0.4, -0.2) is 19.6 Å². The Hall–Kier alpha value is -2.71. The summed E-state index contributed by atoms with van der Waals surface area (Å²) in [5.74, 6) is 0.586. The Balaban J connectivity index is 2.02. The average Bonchev–Trinajstić information content (AvgIpc) is 2.86. The van der Waals surface area contributed by atoms with Gasteiger partial charge in [-0.3, -0.25) is 0 Å². The molecule has 1 aromatic carbocycles. The zero-order chi connectivity index (χ0) is 13.9. The van der Waals surface area contributed by atoms with Crippen molar-refractivity contribution in [2.75, 3.05) is 0 Å². The van der Waals surface area contributed by atoms with Crippen molar-refractivity contribution in [2.24, 2.45) is 0 Å². The molecule has 0 atom stereocenters. The molecule has 2 heterocycles. The number of fused-ring (bicyclic) bond motifs is 1. The molecule has 0 aliphatic rings. The summed E-state index contributed by atoms with van der Waals surface area (Å²) < 4.78 is 1.89. The lowest BCUT2D eigenvalue weighted by Gasteiger charge is -2.07. The number of hydrogen-bond acceptors (Lipinski definition) is 4. The minimum absolute atomic E-state index is 0.132. The standard InChI is InChI=1S/C15H12N4O/c16-8-11-3-5-12(6-4-11)9-19-14(10-20)18-13-2-1-7-17-15(13)19/h1-7,20H,9-10H2. The van der Waals surface area contributed by atoms with Gasteiger partial charge in [0.05, 0.1) is 18.2 Å². The first-order valence-electron chi connectivity index (χ1n) is 6.22. The second kappa shape index (κ2) is 5.11. The number of benzene rings is 1. The van der Waals surface area contributed by atoms with Crippen molar-refractivity contribution in [1.29, 1.82) is 5.26 Å². The van der Waals surface area contributed by atoms with E-state index in [4.69, 9.17) is 5.26 Å². The van der Waals surface area contributed by atoms with Crippen molar-refractivity contribution >= 4 is 11.2 Å². The van der Waals surface area contributed by atoms with Crippen LogP contribution in [0.4, 0.5) is 0 Å². The number of rotatable bonds is 3. The van der Waals surface area contributed by atoms with Gasteiger partial charge < -0.3 is 9.67 Å². The van der Waals surface area contributed by atoms with E-state index in [0.29, 0.717) is 17.9 Å². The van der Waals surface area contributed by atoms with Gasteiger partial charge in [0, 0.05) is 6.20 Å². The number of aromatic nitrogens is 3. The molecule has 5 nitrogen and oxygen atoms in total. The molecule has 0 aliphatic carbocycles. The van der Waals surface area contributed by atoms with E-state index in [1.54, 1.807) is 18.3 Å². The molecule has 0 saturated heterocycles. The highest BCUT2D eigenvalue weighted by Crippen LogP contribution is 2.16. The number of hydrogen-bond donors (Lipinski definition) is 1. The van der Waals surface area contributed by atoms with Crippen molar-refractivity contribution < 1.29 is 5.11 Å². The van der Waals surface area contributed by atoms with Gasteiger partial charge in [-0.2, -0.15) is 5.26 Å². The molecule has 2 aromatic heterocycles. The summed E-state index contributed by atoms with van der Waals surface area (Å²) in [7, 11) is 0. The van der Waals surface area contributed by atoms with Gasteiger partial charge in [0.1, 0.15) is 17.9 Å². The van der Waals surface area contributed by atoms with Crippen LogP contribution in [-0.2, 0) is 13.2 Å². The normalized spacial score (nSPS) is 10.6. The average molecular weight is 264 g/mol. The lowest BCUT2D eigenvalue weighted by Crippen LogP contribution is -2.05. The first kappa shape index (κ1) is 12.3. The Morgan fingerprint density at radius 2 is 2.00 bits per heavy atom. The van der Waals surface area contributed by atoms with Crippen LogP contribution in [0.5, 0.6) is 0 Å². The van der Waals surface area contributed by atoms with E-state index in [9.17, 15) is 5.11 Å². The van der Waals surface area contributed by atoms with E-state index in [0.717, 1.165) is 16.7 Å². The fourth-order valence-electron chi connectivity index (χ4n) is 2.16. The summed E-state index contributed by atoms with van der Waals surface area (Å²) in [6, 6.07) is 13.1. The fourth-order valence-corrected chi connectivity index (χ4v) is 2.16. The number of nitrogens with zero attached hydrogens (tertiary/aromatic N) is 4. The number of nitriles is 1. The minimum atomic E-state index is -0.132. The third kappa shape index (κ3) is 2.13. The quantitative estimate of drug-likeness (QED) is 0.783. The summed E-state index contributed by atoms with van der Waals surface area (Å²) in [4.78, 5) is 8.68. The smallest absolute Gasteiger partial charge is 0.160 e. The van der Waals surface area contributed by atoms with E-state index >= 15 is 0 Å². The Morgan fingerprint density at radius 3 is 2.70 bits per heavy atom. The molecule has 0 saturated carbocycles. The maximum atomic E-state index is 9.43. The van der Waals surface area contributed by atoms with Gasteiger partial charge >= 0.3 is 0 Å². The SMILES string of the molecule is N#Cc1ccc(Cn2c(CO)nc3cccnc32)cc1. The Bertz CT molecular complexity index is 784. The van der Waals surface area contributed by atoms with Crippen LogP contribution in [0.3, 0.4) is 0 Å². The van der Waals surface area contributed by atoms with E-state index in [2.05, 4.69) is 16.0 Å². The van der Waals surface area contributed by atoms with Crippen molar-refractivity contribution in [3.63, 3.8) is 0 Å². The molecule has 0 bridgehead atoms. The van der Waals surface area contributed by atoms with Crippen molar-refractivity contribution in [2.45, 2.75) is 13.2 Å². The highest BCUT2D eigenvalue weighted by Gasteiger charge is 2.10. The molecule has 1 N–H and O–H groups in total. The van der Waals surface area contributed by atoms with Crippen molar-refractivity contribution in [3.8, 4) is 6.07 Å². The maximum Gasteiger partial charge on any atom is 0.160 e. The van der Waals surface area contributed by atoms with Gasteiger partial charge in [-0.05, 0) is 29.8 Å². The largest absolute Gasteiger partial charge is 0.388 e. The van der Waals surface area contributed by atoms with Crippen LogP contribution in [0, 0.1) is 11.3 Å². The predicted octanol–water partition coefficient (Wildman–Crippen LogP) is 1.84. The van der Waals surface area contributed by atoms with Crippen LogP contribution >= 0.6 is 0 Å². The fraction of sp³-hybridized carbons (Fsp3) is 0.133. The third-order valence-corrected chi connectivity index (χ3v) is 3.15. The summed E-state index contributed by atoms with van der Waals surface area (Å²) in [6.45, 7) is 0.432. The summed E-state index contributed by atoms with van der Waals surface area (Å²) in [5, 5.41) is 18.2. The third-order valence-electron chi connectivity index (χ3n) is 3.15. The molecule has 0 spiro atoms. The van der Waals surface area contributed by atoms with Crippen LogP contribution in [0.1, 0.15) is 17.0 Å². The van der Waals surface area contributed by atoms with Crippen LogP contribution in [0.2, 0.25) is 0 Å². The summed E-state index contributed by atoms with van der Waals surface area (Å²) >= 11 is 0. The number of imidazole rings is 1. The van der Waals surface area contributed by atoms with E-state index < -0.39 is 0 Å². The molecule has 0 radical (unpaired) electrons. The molecule has 5 heteroatoms. The first-order valence-corrected chi connectivity index (χ1v) is 6.22. The van der Waals surface area contributed by atoms with Gasteiger partial charge in [0.15, 0.2) is 5.65 Å². The van der Waals surface area contributed by atoms with Crippen molar-refractivity contribution in [1.82, 2.24) is 14.5 Å². The summed E-state index contributed by atoms with van der Waals surface area (Å²) in [6.07, 6.45) is 1.71. The highest BCUT2D eigenvalue weighted by atomic mass is 16.3. The number of aliphatic hydroxyl groups excluding tert-OH is 1. The molecule has 0 amide bonds. The van der Waals surface area contributed by atoms with Crippen LogP contribution in [0.15, 0.2) is 42.6 Å². The molecule has 20 heavy (non-hydrogen) atoms. The first-order chi connectivity index (χ1) is 9.81. The molecular formula is C15H12N4O. The van der Waals surface area contributed by atoms with E-state index in [-0.39, 0.29) is 6.61 Å². The number of aliphatic hydroxyl groups is 1. The Kier molecular flexibility index (Phi) is 3.15. The van der Waals surface area contributed by atoms with E-state index in [1.807, 2.05) is 28.8 Å². The zero-order valence-corrected chi connectivity index (χ0v) is 10.7. The zero-order valence-electron chi connectivity index (χ0n) is 10.7. The van der Waals surface area contributed by atoms with Gasteiger partial charge in [-0.1, -0.05) is 12.1 Å². The Labute approximate surface area is 115 Å². The van der Waals surface area contributed by atoms with Gasteiger partial charge in [0.25, 0.3) is 0 Å². The lowest BCUT2D eigenvalue weighted by molar-refractivity contribution is 0.267. The monoisotopic (exact) mass is 264 g/mol. The molecular weight excluding hydrogens is 252 g/mol. The molecule has 3 rings (SSSR count). The second-order valence-electron chi connectivity index (χ2n) is 4.43. The van der Waals surface area contributed by atoms with Gasteiger partial charge in [0.2, 0.25) is 0 Å². The van der Waals surface area contributed by atoms with Gasteiger partial charge in [-0.15, -0.1) is 0 Å². The van der Waals surface area contributed by atoms with E-state index in [1.165, 1.54) is 0 Å². The Morgan fingerprint density at radius 1 is 1.20 bits per heavy atom. The predicted molar refractivity (Wildman–Crippen MR) is 73.7 cm³/mol. The minimum Gasteiger partial charge on any atom is -0.388 e. The number of pyridine rings is 1. The topological polar surface area (TPSA) is 74.7 Å². The molecule has 0 fully saturated rings. The summed E-state index contributed by atoms with van der Waals surface area (Å²) in [5.41, 5.74) is 3.18. The molecule has 3 aromatic rings. The lowest BCUT2D eigenvalue weighted by atomic mass is 10.1.